The summed E-state index contributed by atoms with van der Waals surface area (Å²) < 4.78 is 45.7. The summed E-state index contributed by atoms with van der Waals surface area (Å²) in [5.41, 5.74) is 0.539. The first-order valence-corrected chi connectivity index (χ1v) is 10.7. The molecule has 0 aliphatic carbocycles. The van der Waals surface area contributed by atoms with E-state index in [1.165, 1.54) is 19.2 Å². The average Bonchev–Trinajstić information content (AvgIpc) is 3.45. The molecule has 0 spiro atoms. The zero-order valence-corrected chi connectivity index (χ0v) is 19.1. The second-order valence-corrected chi connectivity index (χ2v) is 8.07. The molecule has 0 unspecified atom stereocenters. The van der Waals surface area contributed by atoms with Crippen molar-refractivity contribution in [3.63, 3.8) is 0 Å². The number of fused-ring (bicyclic) bond motifs is 1. The normalized spacial score (nSPS) is 11.6. The standard InChI is InChI=1S/C24H14ClF3N6O2/c1-36-19-10-14(34-23(35)32-22(33-34)20-12(11-29)3-2-4-16(20)25)6-7-15(19)21-30-17-8-5-13(24(26,27)28)9-18(17)31-21/h2-10H,1H3,(H,30,31)(H,32,33,35). The number of imidazole rings is 1. The highest BCUT2D eigenvalue weighted by Crippen LogP contribution is 2.34. The first-order valence-electron chi connectivity index (χ1n) is 10.3. The summed E-state index contributed by atoms with van der Waals surface area (Å²) in [7, 11) is 1.41. The zero-order chi connectivity index (χ0) is 25.6. The number of benzene rings is 3. The molecule has 5 aromatic rings. The number of rotatable bonds is 4. The number of aromatic nitrogens is 5. The van der Waals surface area contributed by atoms with Crippen molar-refractivity contribution >= 4 is 22.6 Å². The highest BCUT2D eigenvalue weighted by atomic mass is 35.5. The third-order valence-corrected chi connectivity index (χ3v) is 5.80. The minimum absolute atomic E-state index is 0.114. The molecule has 8 nitrogen and oxygen atoms in total. The van der Waals surface area contributed by atoms with Crippen molar-refractivity contribution in [2.24, 2.45) is 0 Å². The lowest BCUT2D eigenvalue weighted by Crippen LogP contribution is -2.16. The van der Waals surface area contributed by atoms with Crippen molar-refractivity contribution < 1.29 is 17.9 Å². The van der Waals surface area contributed by atoms with E-state index in [0.717, 1.165) is 16.8 Å². The van der Waals surface area contributed by atoms with Gasteiger partial charge in [0, 0.05) is 6.07 Å². The number of methoxy groups -OCH3 is 1. The van der Waals surface area contributed by atoms with Crippen molar-refractivity contribution in [2.75, 3.05) is 7.11 Å². The van der Waals surface area contributed by atoms with Gasteiger partial charge >= 0.3 is 11.9 Å². The summed E-state index contributed by atoms with van der Waals surface area (Å²) in [5, 5.41) is 13.9. The molecular weight excluding hydrogens is 497 g/mol. The van der Waals surface area contributed by atoms with Crippen molar-refractivity contribution in [3.8, 4) is 40.3 Å². The summed E-state index contributed by atoms with van der Waals surface area (Å²) in [6.07, 6.45) is -4.48. The maximum atomic E-state index is 13.1. The number of nitriles is 1. The van der Waals surface area contributed by atoms with Crippen LogP contribution in [0.3, 0.4) is 0 Å². The van der Waals surface area contributed by atoms with Gasteiger partial charge in [-0.25, -0.2) is 9.78 Å². The van der Waals surface area contributed by atoms with E-state index in [1.807, 2.05) is 6.07 Å². The van der Waals surface area contributed by atoms with E-state index in [2.05, 4.69) is 20.1 Å². The second kappa shape index (κ2) is 8.58. The van der Waals surface area contributed by atoms with Crippen molar-refractivity contribution in [1.82, 2.24) is 24.7 Å². The Morgan fingerprint density at radius 1 is 1.08 bits per heavy atom. The Hall–Kier alpha value is -4.56. The Bertz CT molecular complexity index is 1730. The van der Waals surface area contributed by atoms with E-state index >= 15 is 0 Å². The third-order valence-electron chi connectivity index (χ3n) is 5.48. The van der Waals surface area contributed by atoms with E-state index in [0.29, 0.717) is 28.1 Å². The lowest BCUT2D eigenvalue weighted by molar-refractivity contribution is -0.137. The van der Waals surface area contributed by atoms with Gasteiger partial charge in [-0.2, -0.15) is 23.1 Å². The van der Waals surface area contributed by atoms with Gasteiger partial charge in [-0.3, -0.25) is 4.98 Å². The van der Waals surface area contributed by atoms with Crippen molar-refractivity contribution in [3.05, 3.63) is 81.2 Å². The molecule has 0 atom stereocenters. The highest BCUT2D eigenvalue weighted by molar-refractivity contribution is 6.33. The van der Waals surface area contributed by atoms with E-state index < -0.39 is 17.4 Å². The largest absolute Gasteiger partial charge is 0.496 e. The zero-order valence-electron chi connectivity index (χ0n) is 18.3. The van der Waals surface area contributed by atoms with Crippen LogP contribution in [0.2, 0.25) is 5.02 Å². The monoisotopic (exact) mass is 510 g/mol. The van der Waals surface area contributed by atoms with Gasteiger partial charge in [0.25, 0.3) is 0 Å². The Morgan fingerprint density at radius 2 is 1.89 bits per heavy atom. The Kier molecular flexibility index (Phi) is 5.53. The van der Waals surface area contributed by atoms with Crippen LogP contribution in [0.15, 0.2) is 59.4 Å². The topological polar surface area (TPSA) is 112 Å². The summed E-state index contributed by atoms with van der Waals surface area (Å²) >= 11 is 6.24. The van der Waals surface area contributed by atoms with E-state index in [9.17, 15) is 23.2 Å². The fourth-order valence-corrected chi connectivity index (χ4v) is 4.05. The molecule has 0 fully saturated rings. The molecule has 2 N–H and O–H groups in total. The molecule has 0 saturated heterocycles. The van der Waals surface area contributed by atoms with Gasteiger partial charge in [0.15, 0.2) is 5.82 Å². The van der Waals surface area contributed by atoms with Crippen molar-refractivity contribution in [2.45, 2.75) is 6.18 Å². The van der Waals surface area contributed by atoms with Gasteiger partial charge < -0.3 is 9.72 Å². The second-order valence-electron chi connectivity index (χ2n) is 7.66. The van der Waals surface area contributed by atoms with Crippen molar-refractivity contribution in [1.29, 1.82) is 5.26 Å². The molecule has 0 aliphatic heterocycles. The van der Waals surface area contributed by atoms with Crippen LogP contribution in [-0.4, -0.2) is 31.8 Å². The van der Waals surface area contributed by atoms with Crippen LogP contribution < -0.4 is 10.4 Å². The molecule has 2 heterocycles. The molecule has 12 heteroatoms. The first-order chi connectivity index (χ1) is 17.2. The predicted molar refractivity (Wildman–Crippen MR) is 126 cm³/mol. The number of hydrogen-bond donors (Lipinski definition) is 2. The Balaban J connectivity index is 1.56. The van der Waals surface area contributed by atoms with Gasteiger partial charge in [0.1, 0.15) is 11.6 Å². The van der Waals surface area contributed by atoms with Crippen LogP contribution in [0.1, 0.15) is 11.1 Å². The molecule has 0 aliphatic rings. The first kappa shape index (κ1) is 23.2. The number of alkyl halides is 3. The van der Waals surface area contributed by atoms with E-state index in [-0.39, 0.29) is 27.8 Å². The Morgan fingerprint density at radius 3 is 2.61 bits per heavy atom. The van der Waals surface area contributed by atoms with E-state index in [4.69, 9.17) is 16.3 Å². The number of nitrogens with zero attached hydrogens (tertiary/aromatic N) is 4. The van der Waals surface area contributed by atoms with E-state index in [1.54, 1.807) is 30.3 Å². The smallest absolute Gasteiger partial charge is 0.416 e. The molecule has 180 valence electrons. The quantitative estimate of drug-likeness (QED) is 0.339. The molecule has 5 rings (SSSR count). The van der Waals surface area contributed by atoms with Crippen LogP contribution in [0.25, 0.3) is 39.5 Å². The number of H-pyrrole nitrogens is 2. The average molecular weight is 511 g/mol. The maximum Gasteiger partial charge on any atom is 0.416 e. The number of hydrogen-bond acceptors (Lipinski definition) is 5. The predicted octanol–water partition coefficient (Wildman–Crippen LogP) is 5.32. The molecule has 2 aromatic heterocycles. The summed E-state index contributed by atoms with van der Waals surface area (Å²) in [6, 6.07) is 14.7. The number of nitrogens with one attached hydrogen (secondary N) is 2. The van der Waals surface area contributed by atoms with Gasteiger partial charge in [-0.1, -0.05) is 17.7 Å². The van der Waals surface area contributed by atoms with Gasteiger partial charge in [-0.05, 0) is 42.5 Å². The van der Waals surface area contributed by atoms with Gasteiger partial charge in [0.2, 0.25) is 0 Å². The Labute approximate surface area is 205 Å². The van der Waals surface area contributed by atoms with Crippen LogP contribution in [-0.2, 0) is 6.18 Å². The SMILES string of the molecule is COc1cc(-n2nc(-c3c(Cl)cccc3C#N)[nH]c2=O)ccc1-c1nc2ccc(C(F)(F)F)cc2[nH]1. The minimum atomic E-state index is -4.48. The third kappa shape index (κ3) is 3.97. The molecule has 0 bridgehead atoms. The lowest BCUT2D eigenvalue weighted by atomic mass is 10.1. The highest BCUT2D eigenvalue weighted by Gasteiger charge is 2.31. The van der Waals surface area contributed by atoms with Crippen LogP contribution in [0.5, 0.6) is 5.75 Å². The number of halogens is 4. The fraction of sp³-hybridized carbons (Fsp3) is 0.0833. The number of ether oxygens (including phenoxy) is 1. The molecule has 0 amide bonds. The fourth-order valence-electron chi connectivity index (χ4n) is 3.79. The lowest BCUT2D eigenvalue weighted by Gasteiger charge is -2.08. The summed E-state index contributed by atoms with van der Waals surface area (Å²) in [5.74, 6) is 0.704. The van der Waals surface area contributed by atoms with Crippen LogP contribution >= 0.6 is 11.6 Å². The molecule has 0 radical (unpaired) electrons. The van der Waals surface area contributed by atoms with Crippen LogP contribution in [0.4, 0.5) is 13.2 Å². The molecule has 36 heavy (non-hydrogen) atoms. The summed E-state index contributed by atoms with van der Waals surface area (Å²) in [6.45, 7) is 0. The molecular formula is C24H14ClF3N6O2. The minimum Gasteiger partial charge on any atom is -0.496 e. The maximum absolute atomic E-state index is 13.1. The summed E-state index contributed by atoms with van der Waals surface area (Å²) in [4.78, 5) is 22.5. The van der Waals surface area contributed by atoms with Crippen LogP contribution in [0, 0.1) is 11.3 Å². The number of aromatic amines is 2. The molecule has 3 aromatic carbocycles. The van der Waals surface area contributed by atoms with Gasteiger partial charge in [0.05, 0.1) is 57.2 Å². The molecule has 0 saturated carbocycles. The van der Waals surface area contributed by atoms with Gasteiger partial charge in [-0.15, -0.1) is 5.10 Å².